The van der Waals surface area contributed by atoms with Gasteiger partial charge in [0.05, 0.1) is 37.3 Å². The van der Waals surface area contributed by atoms with Crippen LogP contribution in [0.3, 0.4) is 0 Å². The summed E-state index contributed by atoms with van der Waals surface area (Å²) in [6, 6.07) is 6.87. The molecular weight excluding hydrogens is 442 g/mol. The van der Waals surface area contributed by atoms with E-state index in [1.807, 2.05) is 6.07 Å². The number of fused-ring (bicyclic) bond motifs is 1. The van der Waals surface area contributed by atoms with Gasteiger partial charge < -0.3 is 18.9 Å². The average molecular weight is 467 g/mol. The summed E-state index contributed by atoms with van der Waals surface area (Å²) in [5.41, 5.74) is 0.866. The molecule has 1 unspecified atom stereocenters. The molecule has 1 aliphatic rings. The van der Waals surface area contributed by atoms with Gasteiger partial charge in [0.1, 0.15) is 11.9 Å². The molecule has 0 spiro atoms. The van der Waals surface area contributed by atoms with E-state index in [1.165, 1.54) is 0 Å². The van der Waals surface area contributed by atoms with Crippen LogP contribution in [0.25, 0.3) is 0 Å². The number of ether oxygens (including phenoxy) is 4. The highest BCUT2D eigenvalue weighted by Crippen LogP contribution is 2.37. The number of nitro groups is 1. The van der Waals surface area contributed by atoms with Crippen molar-refractivity contribution in [1.82, 2.24) is 0 Å². The molecule has 2 aromatic carbocycles. The highest BCUT2D eigenvalue weighted by atomic mass is 32.2. The Morgan fingerprint density at radius 2 is 1.91 bits per heavy atom. The van der Waals surface area contributed by atoms with Gasteiger partial charge in [-0.1, -0.05) is 0 Å². The minimum Gasteiger partial charge on any atom is -0.493 e. The van der Waals surface area contributed by atoms with Crippen LogP contribution in [-0.2, 0) is 27.7 Å². The third-order valence-electron chi connectivity index (χ3n) is 5.18. The van der Waals surface area contributed by atoms with Gasteiger partial charge in [-0.15, -0.1) is 0 Å². The number of hydrogen-bond donors (Lipinski definition) is 1. The lowest BCUT2D eigenvalue weighted by atomic mass is 10.1. The molecule has 32 heavy (non-hydrogen) atoms. The van der Waals surface area contributed by atoms with Crippen LogP contribution >= 0.6 is 0 Å². The number of benzene rings is 2. The molecule has 11 heteroatoms. The Bertz CT molecular complexity index is 1080. The molecule has 1 aliphatic heterocycles. The molecule has 3 rings (SSSR count). The highest BCUT2D eigenvalue weighted by molar-refractivity contribution is 7.85. The molecule has 2 aromatic rings. The zero-order valence-corrected chi connectivity index (χ0v) is 18.6. The summed E-state index contributed by atoms with van der Waals surface area (Å²) in [5.74, 6) is 1.90. The lowest BCUT2D eigenvalue weighted by Gasteiger charge is -2.19. The van der Waals surface area contributed by atoms with Crippen LogP contribution in [0.5, 0.6) is 17.2 Å². The molecular formula is C21H25NO9S. The number of methoxy groups -OCH3 is 2. The maximum atomic E-state index is 11.6. The van der Waals surface area contributed by atoms with Gasteiger partial charge in [-0.2, -0.15) is 8.42 Å². The Hall–Kier alpha value is -2.89. The van der Waals surface area contributed by atoms with Crippen LogP contribution in [-0.4, -0.2) is 51.4 Å². The van der Waals surface area contributed by atoms with E-state index in [-0.39, 0.29) is 41.9 Å². The fraction of sp³-hybridized carbons (Fsp3) is 0.429. The van der Waals surface area contributed by atoms with Crippen molar-refractivity contribution < 1.29 is 36.8 Å². The second-order valence-corrected chi connectivity index (χ2v) is 8.69. The third kappa shape index (κ3) is 5.67. The molecule has 0 amide bonds. The van der Waals surface area contributed by atoms with Crippen LogP contribution in [0.2, 0.25) is 0 Å². The molecule has 1 N–H and O–H groups in total. The molecule has 1 atom stereocenters. The normalized spacial score (nSPS) is 15.9. The largest absolute Gasteiger partial charge is 0.493 e. The fourth-order valence-electron chi connectivity index (χ4n) is 3.61. The van der Waals surface area contributed by atoms with Crippen LogP contribution in [0, 0.1) is 10.1 Å². The topological polar surface area (TPSA) is 134 Å². The second kappa shape index (κ2) is 10.2. The van der Waals surface area contributed by atoms with E-state index in [9.17, 15) is 23.1 Å². The second-order valence-electron chi connectivity index (χ2n) is 7.30. The van der Waals surface area contributed by atoms with E-state index < -0.39 is 15.0 Å². The van der Waals surface area contributed by atoms with E-state index in [0.29, 0.717) is 17.2 Å². The molecule has 0 saturated heterocycles. The van der Waals surface area contributed by atoms with Crippen molar-refractivity contribution in [2.45, 2.75) is 36.7 Å². The van der Waals surface area contributed by atoms with Gasteiger partial charge in [0.25, 0.3) is 15.8 Å². The van der Waals surface area contributed by atoms with Crippen molar-refractivity contribution >= 4 is 15.8 Å². The van der Waals surface area contributed by atoms with Crippen molar-refractivity contribution in [1.29, 1.82) is 0 Å². The van der Waals surface area contributed by atoms with Crippen LogP contribution in [0.1, 0.15) is 24.0 Å². The zero-order valence-electron chi connectivity index (χ0n) is 17.8. The summed E-state index contributed by atoms with van der Waals surface area (Å²) in [6.45, 7) is 0.353. The van der Waals surface area contributed by atoms with Crippen molar-refractivity contribution in [3.63, 3.8) is 0 Å². The van der Waals surface area contributed by atoms with E-state index in [1.54, 1.807) is 20.3 Å². The van der Waals surface area contributed by atoms with Crippen molar-refractivity contribution in [2.75, 3.05) is 27.4 Å². The summed E-state index contributed by atoms with van der Waals surface area (Å²) >= 11 is 0. The van der Waals surface area contributed by atoms with Gasteiger partial charge in [-0.3, -0.25) is 14.7 Å². The first-order chi connectivity index (χ1) is 15.2. The first-order valence-electron chi connectivity index (χ1n) is 9.97. The number of rotatable bonds is 9. The molecule has 0 fully saturated rings. The molecule has 0 saturated carbocycles. The lowest BCUT2D eigenvalue weighted by Crippen LogP contribution is -2.23. The SMILES string of the molecule is COc1cc2c(cc1OC)OC(COCCc1cc([N+](=O)[O-])ccc1S(=O)(=O)O)CCC2. The van der Waals surface area contributed by atoms with E-state index in [0.717, 1.165) is 43.0 Å². The third-order valence-corrected chi connectivity index (χ3v) is 6.14. The smallest absolute Gasteiger partial charge is 0.294 e. The van der Waals surface area contributed by atoms with Gasteiger partial charge in [0.15, 0.2) is 11.5 Å². The van der Waals surface area contributed by atoms with Gasteiger partial charge in [0, 0.05) is 18.2 Å². The summed E-state index contributed by atoms with van der Waals surface area (Å²) in [4.78, 5) is 10.0. The average Bonchev–Trinajstić information content (AvgIpc) is 2.95. The molecule has 174 valence electrons. The first kappa shape index (κ1) is 23.8. The maximum absolute atomic E-state index is 11.6. The highest BCUT2D eigenvalue weighted by Gasteiger charge is 2.22. The zero-order chi connectivity index (χ0) is 23.3. The van der Waals surface area contributed by atoms with E-state index in [2.05, 4.69) is 0 Å². The Labute approximate surface area is 186 Å². The monoisotopic (exact) mass is 467 g/mol. The standard InChI is InChI=1S/C21H25NO9S/c1-28-19-11-14-4-3-5-17(31-18(14)12-20(19)29-2)13-30-9-8-15-10-16(22(23)24)6-7-21(15)32(25,26)27/h6-7,10-12,17H,3-5,8-9,13H2,1-2H3,(H,25,26,27). The first-order valence-corrected chi connectivity index (χ1v) is 11.4. The van der Waals surface area contributed by atoms with Crippen LogP contribution in [0.4, 0.5) is 5.69 Å². The number of nitrogens with zero attached hydrogens (tertiary/aromatic N) is 1. The minimum atomic E-state index is -4.51. The van der Waals surface area contributed by atoms with Crippen molar-refractivity contribution in [2.24, 2.45) is 0 Å². The van der Waals surface area contributed by atoms with Gasteiger partial charge in [0.2, 0.25) is 0 Å². The predicted molar refractivity (Wildman–Crippen MR) is 114 cm³/mol. The van der Waals surface area contributed by atoms with Crippen LogP contribution < -0.4 is 14.2 Å². The fourth-order valence-corrected chi connectivity index (χ4v) is 4.34. The number of non-ortho nitro benzene ring substituents is 1. The summed E-state index contributed by atoms with van der Waals surface area (Å²) in [5, 5.41) is 11.0. The van der Waals surface area contributed by atoms with Crippen LogP contribution in [0.15, 0.2) is 35.2 Å². The summed E-state index contributed by atoms with van der Waals surface area (Å²) < 4.78 is 55.0. The number of aryl methyl sites for hydroxylation is 1. The molecule has 0 radical (unpaired) electrons. The molecule has 0 bridgehead atoms. The van der Waals surface area contributed by atoms with E-state index in [4.69, 9.17) is 18.9 Å². The number of nitro benzene ring substituents is 1. The maximum Gasteiger partial charge on any atom is 0.294 e. The number of hydrogen-bond acceptors (Lipinski definition) is 8. The minimum absolute atomic E-state index is 0.0745. The quantitative estimate of drug-likeness (QED) is 0.255. The Morgan fingerprint density at radius 1 is 1.19 bits per heavy atom. The van der Waals surface area contributed by atoms with E-state index >= 15 is 0 Å². The summed E-state index contributed by atoms with van der Waals surface area (Å²) in [6.07, 6.45) is 2.31. The summed E-state index contributed by atoms with van der Waals surface area (Å²) in [7, 11) is -1.38. The van der Waals surface area contributed by atoms with Gasteiger partial charge >= 0.3 is 0 Å². The Kier molecular flexibility index (Phi) is 7.54. The molecule has 0 aromatic heterocycles. The van der Waals surface area contributed by atoms with Gasteiger partial charge in [-0.25, -0.2) is 0 Å². The molecule has 1 heterocycles. The predicted octanol–water partition coefficient (Wildman–Crippen LogP) is 3.20. The molecule has 10 nitrogen and oxygen atoms in total. The van der Waals surface area contributed by atoms with Gasteiger partial charge in [-0.05, 0) is 48.9 Å². The Morgan fingerprint density at radius 3 is 2.56 bits per heavy atom. The van der Waals surface area contributed by atoms with Crippen molar-refractivity contribution in [3.8, 4) is 17.2 Å². The lowest BCUT2D eigenvalue weighted by molar-refractivity contribution is -0.385. The van der Waals surface area contributed by atoms with Crippen molar-refractivity contribution in [3.05, 3.63) is 51.6 Å². The molecule has 0 aliphatic carbocycles. The Balaban J connectivity index is 1.64.